The van der Waals surface area contributed by atoms with Crippen LogP contribution >= 0.6 is 11.6 Å². The molecule has 1 aliphatic carbocycles. The molecule has 1 unspecified atom stereocenters. The molecule has 6 heteroatoms. The van der Waals surface area contributed by atoms with Crippen molar-refractivity contribution in [2.45, 2.75) is 62.5 Å². The van der Waals surface area contributed by atoms with Crippen molar-refractivity contribution in [3.05, 3.63) is 58.6 Å². The highest BCUT2D eigenvalue weighted by atomic mass is 35.5. The molecule has 2 aromatic rings. The number of nitrogens with one attached hydrogen (secondary N) is 1. The van der Waals surface area contributed by atoms with Crippen LogP contribution in [0.15, 0.2) is 36.7 Å². The van der Waals surface area contributed by atoms with E-state index in [1.807, 2.05) is 12.3 Å². The summed E-state index contributed by atoms with van der Waals surface area (Å²) >= 11 is 5.93. The lowest BCUT2D eigenvalue weighted by molar-refractivity contribution is -0.104. The van der Waals surface area contributed by atoms with Gasteiger partial charge < -0.3 is 10.1 Å². The fourth-order valence-corrected chi connectivity index (χ4v) is 5.17. The van der Waals surface area contributed by atoms with Crippen molar-refractivity contribution in [3.63, 3.8) is 0 Å². The van der Waals surface area contributed by atoms with E-state index < -0.39 is 0 Å². The highest BCUT2D eigenvalue weighted by Crippen LogP contribution is 2.49. The van der Waals surface area contributed by atoms with E-state index >= 15 is 0 Å². The lowest BCUT2D eigenvalue weighted by Gasteiger charge is -2.46. The first-order valence-corrected chi connectivity index (χ1v) is 10.8. The van der Waals surface area contributed by atoms with Gasteiger partial charge in [-0.05, 0) is 62.4 Å². The summed E-state index contributed by atoms with van der Waals surface area (Å²) in [6, 6.07) is 10.2. The maximum Gasteiger partial charge on any atom is 0.146 e. The predicted molar refractivity (Wildman–Crippen MR) is 113 cm³/mol. The van der Waals surface area contributed by atoms with E-state index in [2.05, 4.69) is 28.5 Å². The predicted octanol–water partition coefficient (Wildman–Crippen LogP) is 4.54. The van der Waals surface area contributed by atoms with Gasteiger partial charge in [-0.3, -0.25) is 4.98 Å². The van der Waals surface area contributed by atoms with Gasteiger partial charge in [0.1, 0.15) is 11.2 Å². The molecule has 0 radical (unpaired) electrons. The second kappa shape index (κ2) is 8.79. The zero-order valence-corrected chi connectivity index (χ0v) is 17.4. The first-order chi connectivity index (χ1) is 14.1. The number of nitriles is 1. The molecule has 3 heterocycles. The molecule has 1 spiro atoms. The van der Waals surface area contributed by atoms with Crippen LogP contribution in [0.2, 0.25) is 5.15 Å². The van der Waals surface area contributed by atoms with Crippen LogP contribution in [0.25, 0.3) is 0 Å². The SMILES string of the molecule is N#Cc1cc(CNCCC2(c3ccccn3)CCOC3(CCCC3)C2)cnc1Cl. The van der Waals surface area contributed by atoms with Crippen molar-refractivity contribution in [2.75, 3.05) is 13.2 Å². The van der Waals surface area contributed by atoms with Gasteiger partial charge in [0.2, 0.25) is 0 Å². The van der Waals surface area contributed by atoms with Crippen molar-refractivity contribution in [2.24, 2.45) is 0 Å². The second-order valence-corrected chi connectivity index (χ2v) is 8.74. The van der Waals surface area contributed by atoms with Crippen LogP contribution in [0.1, 0.15) is 61.8 Å². The Morgan fingerprint density at radius 3 is 2.83 bits per heavy atom. The van der Waals surface area contributed by atoms with Crippen LogP contribution in [0.5, 0.6) is 0 Å². The Hall–Kier alpha value is -2.00. The Morgan fingerprint density at radius 1 is 1.21 bits per heavy atom. The van der Waals surface area contributed by atoms with Crippen LogP contribution in [0, 0.1) is 11.3 Å². The van der Waals surface area contributed by atoms with Crippen molar-refractivity contribution >= 4 is 11.6 Å². The highest BCUT2D eigenvalue weighted by Gasteiger charge is 2.48. The maximum atomic E-state index is 9.13. The van der Waals surface area contributed by atoms with E-state index in [1.54, 1.807) is 12.3 Å². The monoisotopic (exact) mass is 410 g/mol. The second-order valence-electron chi connectivity index (χ2n) is 8.38. The van der Waals surface area contributed by atoms with Crippen molar-refractivity contribution in [1.82, 2.24) is 15.3 Å². The molecule has 152 valence electrons. The Balaban J connectivity index is 1.45. The van der Waals surface area contributed by atoms with E-state index in [0.29, 0.717) is 12.1 Å². The third-order valence-corrected chi connectivity index (χ3v) is 6.80. The van der Waals surface area contributed by atoms with Gasteiger partial charge in [0, 0.05) is 36.7 Å². The maximum absolute atomic E-state index is 9.13. The number of rotatable bonds is 6. The fraction of sp³-hybridized carbons (Fsp3) is 0.522. The summed E-state index contributed by atoms with van der Waals surface area (Å²) in [6.45, 7) is 2.35. The number of hydrogen-bond acceptors (Lipinski definition) is 5. The topological polar surface area (TPSA) is 70.8 Å². The van der Waals surface area contributed by atoms with Gasteiger partial charge in [-0.2, -0.15) is 5.26 Å². The van der Waals surface area contributed by atoms with E-state index in [4.69, 9.17) is 26.6 Å². The Morgan fingerprint density at radius 2 is 2.07 bits per heavy atom. The van der Waals surface area contributed by atoms with Gasteiger partial charge in [-0.1, -0.05) is 30.5 Å². The average molecular weight is 411 g/mol. The van der Waals surface area contributed by atoms with Crippen molar-refractivity contribution in [3.8, 4) is 6.07 Å². The van der Waals surface area contributed by atoms with Gasteiger partial charge >= 0.3 is 0 Å². The summed E-state index contributed by atoms with van der Waals surface area (Å²) < 4.78 is 6.32. The van der Waals surface area contributed by atoms with E-state index in [1.165, 1.54) is 31.4 Å². The fourth-order valence-electron chi connectivity index (χ4n) is 5.02. The van der Waals surface area contributed by atoms with Gasteiger partial charge in [0.05, 0.1) is 11.2 Å². The lowest BCUT2D eigenvalue weighted by Crippen LogP contribution is -2.47. The quantitative estimate of drug-likeness (QED) is 0.559. The van der Waals surface area contributed by atoms with Crippen LogP contribution in [-0.2, 0) is 16.7 Å². The first-order valence-electron chi connectivity index (χ1n) is 10.5. The van der Waals surface area contributed by atoms with Crippen LogP contribution in [-0.4, -0.2) is 28.7 Å². The van der Waals surface area contributed by atoms with Gasteiger partial charge in [-0.25, -0.2) is 4.98 Å². The summed E-state index contributed by atoms with van der Waals surface area (Å²) in [5.41, 5.74) is 2.67. The largest absolute Gasteiger partial charge is 0.375 e. The molecule has 2 fully saturated rings. The van der Waals surface area contributed by atoms with E-state index in [0.717, 1.165) is 38.0 Å². The number of halogens is 1. The highest BCUT2D eigenvalue weighted by molar-refractivity contribution is 6.30. The molecule has 0 aromatic carbocycles. The number of ether oxygens (including phenoxy) is 1. The molecule has 0 amide bonds. The molecular weight excluding hydrogens is 384 g/mol. The molecule has 5 nitrogen and oxygen atoms in total. The molecule has 2 aromatic heterocycles. The third kappa shape index (κ3) is 4.45. The van der Waals surface area contributed by atoms with Gasteiger partial charge in [-0.15, -0.1) is 0 Å². The lowest BCUT2D eigenvalue weighted by atomic mass is 9.68. The molecule has 0 bridgehead atoms. The van der Waals surface area contributed by atoms with Crippen molar-refractivity contribution in [1.29, 1.82) is 5.26 Å². The van der Waals surface area contributed by atoms with E-state index in [-0.39, 0.29) is 16.2 Å². The molecule has 4 rings (SSSR count). The Kier molecular flexibility index (Phi) is 6.15. The average Bonchev–Trinajstić information content (AvgIpc) is 3.20. The normalized spacial score (nSPS) is 23.2. The third-order valence-electron chi connectivity index (χ3n) is 6.50. The molecular formula is C23H27ClN4O. The first kappa shape index (κ1) is 20.3. The number of aromatic nitrogens is 2. The Bertz CT molecular complexity index is 876. The summed E-state index contributed by atoms with van der Waals surface area (Å²) in [5, 5.41) is 12.9. The molecule has 1 saturated carbocycles. The zero-order valence-electron chi connectivity index (χ0n) is 16.7. The molecule has 2 aliphatic rings. The van der Waals surface area contributed by atoms with Gasteiger partial charge in [0.15, 0.2) is 0 Å². The summed E-state index contributed by atoms with van der Waals surface area (Å²) in [4.78, 5) is 8.86. The Labute approximate surface area is 177 Å². The zero-order chi connectivity index (χ0) is 20.2. The van der Waals surface area contributed by atoms with E-state index in [9.17, 15) is 0 Å². The summed E-state index contributed by atoms with van der Waals surface area (Å²) in [7, 11) is 0. The minimum absolute atomic E-state index is 0.0393. The standard InChI is InChI=1S/C23H27ClN4O/c24-21-19(14-25)13-18(16-28-21)15-26-11-8-22(20-5-1-4-10-27-20)9-12-29-23(17-22)6-2-3-7-23/h1,4-5,10,13,16,26H,2-3,6-9,11-12,15,17H2. The van der Waals surface area contributed by atoms with Gasteiger partial charge in [0.25, 0.3) is 0 Å². The minimum atomic E-state index is 0.0393. The van der Waals surface area contributed by atoms with Crippen LogP contribution < -0.4 is 5.32 Å². The van der Waals surface area contributed by atoms with Crippen LogP contribution in [0.3, 0.4) is 0 Å². The summed E-state index contributed by atoms with van der Waals surface area (Å²) in [5.74, 6) is 0. The summed E-state index contributed by atoms with van der Waals surface area (Å²) in [6.07, 6.45) is 11.6. The number of nitrogens with zero attached hydrogens (tertiary/aromatic N) is 3. The number of pyridine rings is 2. The molecule has 1 aliphatic heterocycles. The molecule has 1 saturated heterocycles. The smallest absolute Gasteiger partial charge is 0.146 e. The molecule has 1 atom stereocenters. The number of hydrogen-bond donors (Lipinski definition) is 1. The van der Waals surface area contributed by atoms with Crippen molar-refractivity contribution < 1.29 is 4.74 Å². The minimum Gasteiger partial charge on any atom is -0.375 e. The molecule has 29 heavy (non-hydrogen) atoms. The van der Waals surface area contributed by atoms with Crippen LogP contribution in [0.4, 0.5) is 0 Å². The molecule has 1 N–H and O–H groups in total.